The van der Waals surface area contributed by atoms with Gasteiger partial charge in [0.1, 0.15) is 4.90 Å². The average Bonchev–Trinajstić information content (AvgIpc) is 3.65. The second-order valence-electron chi connectivity index (χ2n) is 13.3. The number of benzene rings is 5. The highest BCUT2D eigenvalue weighted by molar-refractivity contribution is 7.93. The summed E-state index contributed by atoms with van der Waals surface area (Å²) in [6.07, 6.45) is -3.38. The summed E-state index contributed by atoms with van der Waals surface area (Å²) in [6.45, 7) is -0.178. The molecule has 0 bridgehead atoms. The Kier molecular flexibility index (Phi) is 11.3. The largest absolute Gasteiger partial charge is 0.481 e. The summed E-state index contributed by atoms with van der Waals surface area (Å²) < 4.78 is 94.2. The highest BCUT2D eigenvalue weighted by Crippen LogP contribution is 2.35. The number of rotatable bonds is 12. The zero-order valence-electron chi connectivity index (χ0n) is 29.6. The number of carbonyl (C=O) groups excluding carboxylic acids is 1. The molecule has 1 aliphatic heterocycles. The lowest BCUT2D eigenvalue weighted by molar-refractivity contribution is -0.139. The Morgan fingerprint density at radius 3 is 1.80 bits per heavy atom. The number of hydrogen-bond donors (Lipinski definition) is 1. The molecule has 0 spiro atoms. The van der Waals surface area contributed by atoms with Crippen LogP contribution in [0.1, 0.15) is 46.8 Å². The summed E-state index contributed by atoms with van der Waals surface area (Å²) in [4.78, 5) is 27.6. The lowest BCUT2D eigenvalue weighted by atomic mass is 9.96. The van der Waals surface area contributed by atoms with Crippen LogP contribution < -0.4 is 0 Å². The van der Waals surface area contributed by atoms with Gasteiger partial charge in [-0.2, -0.15) is 17.5 Å². The molecule has 0 radical (unpaired) electrons. The zero-order chi connectivity index (χ0) is 39.5. The monoisotopic (exact) mass is 790 g/mol. The van der Waals surface area contributed by atoms with Gasteiger partial charge in [-0.3, -0.25) is 9.59 Å². The van der Waals surface area contributed by atoms with Crippen LogP contribution in [0.2, 0.25) is 0 Å². The molecule has 6 rings (SSSR count). The van der Waals surface area contributed by atoms with Gasteiger partial charge in [0.05, 0.1) is 22.9 Å². The lowest BCUT2D eigenvalue weighted by Gasteiger charge is -2.36. The van der Waals surface area contributed by atoms with E-state index in [2.05, 4.69) is 0 Å². The molecule has 5 aromatic rings. The van der Waals surface area contributed by atoms with Gasteiger partial charge in [0.25, 0.3) is 5.91 Å². The van der Waals surface area contributed by atoms with E-state index in [1.807, 2.05) is 42.5 Å². The van der Waals surface area contributed by atoms with Crippen LogP contribution in [0.25, 0.3) is 22.3 Å². The van der Waals surface area contributed by atoms with Crippen molar-refractivity contribution < 1.29 is 44.7 Å². The van der Waals surface area contributed by atoms with Gasteiger partial charge >= 0.3 is 12.1 Å². The van der Waals surface area contributed by atoms with E-state index >= 15 is 0 Å². The molecule has 0 aliphatic carbocycles. The van der Waals surface area contributed by atoms with Crippen molar-refractivity contribution in [2.24, 2.45) is 0 Å². The fourth-order valence-electron chi connectivity index (χ4n) is 6.91. The molecule has 2 atom stereocenters. The Bertz CT molecular complexity index is 2390. The second kappa shape index (κ2) is 15.8. The van der Waals surface area contributed by atoms with Crippen LogP contribution in [0.4, 0.5) is 13.2 Å². The first-order chi connectivity index (χ1) is 26.0. The molecule has 286 valence electrons. The molecule has 1 N–H and O–H groups in total. The van der Waals surface area contributed by atoms with Gasteiger partial charge in [0.2, 0.25) is 10.0 Å². The number of sulfonamides is 1. The first-order valence-electron chi connectivity index (χ1n) is 17.3. The van der Waals surface area contributed by atoms with Crippen LogP contribution >= 0.6 is 0 Å². The van der Waals surface area contributed by atoms with Gasteiger partial charge in [0, 0.05) is 31.0 Å². The van der Waals surface area contributed by atoms with Crippen LogP contribution in [0, 0.1) is 0 Å². The fourth-order valence-corrected chi connectivity index (χ4v) is 10.2. The van der Waals surface area contributed by atoms with Crippen molar-refractivity contribution in [3.63, 3.8) is 0 Å². The van der Waals surface area contributed by atoms with Crippen molar-refractivity contribution >= 4 is 31.7 Å². The Hall–Kier alpha value is -5.31. The minimum atomic E-state index is -4.50. The normalized spacial score (nSPS) is 15.7. The Balaban J connectivity index is 1.39. The van der Waals surface area contributed by atoms with Crippen molar-refractivity contribution in [3.05, 3.63) is 144 Å². The Morgan fingerprint density at radius 2 is 1.25 bits per heavy atom. The van der Waals surface area contributed by atoms with Crippen molar-refractivity contribution in [2.75, 3.05) is 19.3 Å². The van der Waals surface area contributed by atoms with Crippen molar-refractivity contribution in [1.82, 2.24) is 9.21 Å². The summed E-state index contributed by atoms with van der Waals surface area (Å²) in [5.74, 6) is -1.80. The summed E-state index contributed by atoms with van der Waals surface area (Å²) in [6, 6.07) is 30.7. The third-order valence-corrected chi connectivity index (χ3v) is 12.9. The van der Waals surface area contributed by atoms with E-state index in [0.29, 0.717) is 29.5 Å². The summed E-state index contributed by atoms with van der Waals surface area (Å²) in [7, 11) is -8.35. The van der Waals surface area contributed by atoms with E-state index in [4.69, 9.17) is 0 Å². The van der Waals surface area contributed by atoms with Crippen LogP contribution in [0.3, 0.4) is 0 Å². The zero-order valence-corrected chi connectivity index (χ0v) is 31.2. The molecule has 1 unspecified atom stereocenters. The maximum Gasteiger partial charge on any atom is 0.416 e. The van der Waals surface area contributed by atoms with Crippen LogP contribution in [0.5, 0.6) is 0 Å². The third-order valence-electron chi connectivity index (χ3n) is 9.65. The van der Waals surface area contributed by atoms with Crippen molar-refractivity contribution in [2.45, 2.75) is 47.3 Å². The van der Waals surface area contributed by atoms with E-state index in [0.717, 1.165) is 29.5 Å². The highest BCUT2D eigenvalue weighted by Gasteiger charge is 2.41. The van der Waals surface area contributed by atoms with E-state index in [9.17, 15) is 44.7 Å². The number of halogens is 3. The molecule has 0 aromatic heterocycles. The molecule has 1 aliphatic rings. The first kappa shape index (κ1) is 39.4. The number of sulfone groups is 1. The van der Waals surface area contributed by atoms with Gasteiger partial charge < -0.3 is 10.0 Å². The molecule has 9 nitrogen and oxygen atoms in total. The van der Waals surface area contributed by atoms with Crippen LogP contribution in [-0.4, -0.2) is 68.4 Å². The van der Waals surface area contributed by atoms with E-state index in [1.165, 1.54) is 57.7 Å². The number of hydrogen-bond acceptors (Lipinski definition) is 6. The molecule has 1 fully saturated rings. The van der Waals surface area contributed by atoms with Gasteiger partial charge in [-0.15, -0.1) is 0 Å². The topological polar surface area (TPSA) is 129 Å². The van der Waals surface area contributed by atoms with Gasteiger partial charge in [-0.05, 0) is 77.1 Å². The fraction of sp³-hybridized carbons (Fsp3) is 0.220. The molecule has 0 saturated carbocycles. The lowest BCUT2D eigenvalue weighted by Crippen LogP contribution is -2.47. The second-order valence-corrected chi connectivity index (χ2v) is 17.2. The van der Waals surface area contributed by atoms with Crippen molar-refractivity contribution in [3.8, 4) is 22.3 Å². The molecule has 14 heteroatoms. The number of aliphatic carboxylic acids is 1. The van der Waals surface area contributed by atoms with Gasteiger partial charge in [-0.1, -0.05) is 91.0 Å². The summed E-state index contributed by atoms with van der Waals surface area (Å²) in [5, 5.41) is 10.1. The molecule has 1 heterocycles. The Labute approximate surface area is 317 Å². The number of carbonyl (C=O) groups is 2. The maximum atomic E-state index is 14.6. The number of carboxylic acids is 1. The molecule has 55 heavy (non-hydrogen) atoms. The van der Waals surface area contributed by atoms with E-state index < -0.39 is 62.0 Å². The van der Waals surface area contributed by atoms with Crippen LogP contribution in [-0.2, 0) is 30.8 Å². The van der Waals surface area contributed by atoms with Gasteiger partial charge in [-0.25, -0.2) is 16.8 Å². The number of alkyl halides is 3. The Morgan fingerprint density at radius 1 is 0.745 bits per heavy atom. The molecular weight excluding hydrogens is 754 g/mol. The van der Waals surface area contributed by atoms with Crippen molar-refractivity contribution in [1.29, 1.82) is 0 Å². The maximum absolute atomic E-state index is 14.6. The standard InChI is InChI=1S/C41H37F3N2O7S2/c1-54(50,51)37-11-5-6-12-38(37)55(52,53)46-25-7-10-35(46)27-45(36(26-39(47)48)32-17-13-29(14-18-32)28-8-3-2-4-9-28)40(49)33-19-15-30(16-20-33)31-21-23-34(24-22-31)41(42,43)44/h2-6,8-9,11-24,35-36H,7,10,25-27H2,1H3,(H,47,48)/t35-,36?/m0/s1. The third kappa shape index (κ3) is 8.82. The highest BCUT2D eigenvalue weighted by atomic mass is 32.2. The smallest absolute Gasteiger partial charge is 0.416 e. The van der Waals surface area contributed by atoms with Crippen LogP contribution in [0.15, 0.2) is 137 Å². The first-order valence-corrected chi connectivity index (χ1v) is 20.6. The van der Waals surface area contributed by atoms with Gasteiger partial charge in [0.15, 0.2) is 9.84 Å². The predicted molar refractivity (Wildman–Crippen MR) is 201 cm³/mol. The number of carboxylic acid groups (broad SMARTS) is 1. The summed E-state index contributed by atoms with van der Waals surface area (Å²) in [5.41, 5.74) is 2.62. The number of amides is 1. The minimum Gasteiger partial charge on any atom is -0.481 e. The molecule has 1 saturated heterocycles. The molecule has 5 aromatic carbocycles. The average molecular weight is 791 g/mol. The molecular formula is C41H37F3N2O7S2. The number of nitrogens with zero attached hydrogens (tertiary/aromatic N) is 2. The van der Waals surface area contributed by atoms with E-state index in [-0.39, 0.29) is 28.4 Å². The SMILES string of the molecule is CS(=O)(=O)c1ccccc1S(=O)(=O)N1CCC[C@H]1CN(C(=O)c1ccc(-c2ccc(C(F)(F)F)cc2)cc1)C(CC(=O)O)c1ccc(-c2ccccc2)cc1. The quantitative estimate of drug-likeness (QED) is 0.136. The minimum absolute atomic E-state index is 0.0460. The molecule has 1 amide bonds. The summed E-state index contributed by atoms with van der Waals surface area (Å²) >= 11 is 0. The van der Waals surface area contributed by atoms with E-state index in [1.54, 1.807) is 24.3 Å². The predicted octanol–water partition coefficient (Wildman–Crippen LogP) is 7.95.